The first kappa shape index (κ1) is 15.3. The van der Waals surface area contributed by atoms with Gasteiger partial charge in [0.25, 0.3) is 5.91 Å². The van der Waals surface area contributed by atoms with Gasteiger partial charge in [-0.25, -0.2) is 0 Å². The summed E-state index contributed by atoms with van der Waals surface area (Å²) >= 11 is 1.58. The van der Waals surface area contributed by atoms with Gasteiger partial charge in [-0.05, 0) is 47.4 Å². The Morgan fingerprint density at radius 1 is 1.19 bits per heavy atom. The fourth-order valence-electron chi connectivity index (χ4n) is 3.35. The number of carbonyl (C=O) groups excluding carboxylic acids is 1. The molecule has 3 aromatic rings. The number of rotatable bonds is 3. The monoisotopic (exact) mass is 369 g/mol. The van der Waals surface area contributed by atoms with Crippen molar-refractivity contribution in [3.63, 3.8) is 0 Å². The number of nitrogens with one attached hydrogen (secondary N) is 1. The molecule has 9 heteroatoms. The number of thiophene rings is 1. The molecular weight excluding hydrogens is 354 g/mol. The zero-order chi connectivity index (χ0) is 17.5. The molecular formula is C17H15N5O3S. The average Bonchev–Trinajstić information content (AvgIpc) is 3.37. The number of carbonyl (C=O) groups is 1. The number of anilines is 1. The molecule has 8 nitrogen and oxygen atoms in total. The molecule has 0 saturated heterocycles. The van der Waals surface area contributed by atoms with Crippen LogP contribution in [0.4, 0.5) is 5.69 Å². The van der Waals surface area contributed by atoms with Gasteiger partial charge in [-0.3, -0.25) is 4.79 Å². The van der Waals surface area contributed by atoms with Crippen molar-refractivity contribution in [2.75, 3.05) is 18.5 Å². The van der Waals surface area contributed by atoms with E-state index in [0.29, 0.717) is 36.0 Å². The molecule has 0 saturated carbocycles. The van der Waals surface area contributed by atoms with Crippen molar-refractivity contribution in [2.24, 2.45) is 0 Å². The molecule has 0 fully saturated rings. The van der Waals surface area contributed by atoms with Gasteiger partial charge in [0.15, 0.2) is 11.5 Å². The van der Waals surface area contributed by atoms with Gasteiger partial charge in [0.05, 0.1) is 5.56 Å². The van der Waals surface area contributed by atoms with E-state index < -0.39 is 0 Å². The molecule has 2 aromatic heterocycles. The second kappa shape index (κ2) is 6.10. The van der Waals surface area contributed by atoms with E-state index in [1.54, 1.807) is 22.1 Å². The number of aromatic nitrogens is 4. The maximum atomic E-state index is 13.1. The SMILES string of the molecule is O=C(Nc1ccc2c(c1)OCCO2)c1c(-n2cnnn2)sc2c1CCC2. The zero-order valence-electron chi connectivity index (χ0n) is 13.8. The predicted octanol–water partition coefficient (Wildman–Crippen LogP) is 2.24. The Hall–Kier alpha value is -2.94. The molecule has 0 spiro atoms. The van der Waals surface area contributed by atoms with E-state index >= 15 is 0 Å². The van der Waals surface area contributed by atoms with Crippen molar-refractivity contribution < 1.29 is 14.3 Å². The summed E-state index contributed by atoms with van der Waals surface area (Å²) < 4.78 is 12.7. The molecule has 26 heavy (non-hydrogen) atoms. The number of fused-ring (bicyclic) bond motifs is 2. The minimum atomic E-state index is -0.161. The summed E-state index contributed by atoms with van der Waals surface area (Å²) in [4.78, 5) is 14.3. The third-order valence-electron chi connectivity index (χ3n) is 4.49. The van der Waals surface area contributed by atoms with Gasteiger partial charge in [-0.15, -0.1) is 16.4 Å². The van der Waals surface area contributed by atoms with Gasteiger partial charge < -0.3 is 14.8 Å². The molecule has 5 rings (SSSR count). The van der Waals surface area contributed by atoms with E-state index in [0.717, 1.165) is 29.8 Å². The molecule has 2 aliphatic rings. The van der Waals surface area contributed by atoms with Crippen molar-refractivity contribution in [1.82, 2.24) is 20.2 Å². The lowest BCUT2D eigenvalue weighted by Crippen LogP contribution is -2.17. The van der Waals surface area contributed by atoms with Crippen LogP contribution in [0.2, 0.25) is 0 Å². The molecule has 0 bridgehead atoms. The summed E-state index contributed by atoms with van der Waals surface area (Å²) in [7, 11) is 0. The number of hydrogen-bond acceptors (Lipinski definition) is 7. The Bertz CT molecular complexity index is 983. The van der Waals surface area contributed by atoms with Crippen LogP contribution in [0.1, 0.15) is 27.2 Å². The van der Waals surface area contributed by atoms with Gasteiger partial charge in [0.2, 0.25) is 0 Å². The second-order valence-corrected chi connectivity index (χ2v) is 7.19. The molecule has 3 heterocycles. The van der Waals surface area contributed by atoms with Crippen LogP contribution in [0.5, 0.6) is 11.5 Å². The first-order chi connectivity index (χ1) is 12.8. The maximum Gasteiger partial charge on any atom is 0.259 e. The normalized spacial score (nSPS) is 14.9. The number of nitrogens with zero attached hydrogens (tertiary/aromatic N) is 4. The van der Waals surface area contributed by atoms with Crippen LogP contribution >= 0.6 is 11.3 Å². The molecule has 0 radical (unpaired) electrons. The van der Waals surface area contributed by atoms with E-state index in [9.17, 15) is 4.79 Å². The first-order valence-electron chi connectivity index (χ1n) is 8.38. The predicted molar refractivity (Wildman–Crippen MR) is 94.4 cm³/mol. The third-order valence-corrected chi connectivity index (χ3v) is 5.77. The van der Waals surface area contributed by atoms with Crippen LogP contribution in [0, 0.1) is 0 Å². The lowest BCUT2D eigenvalue weighted by molar-refractivity contribution is 0.102. The van der Waals surface area contributed by atoms with E-state index in [4.69, 9.17) is 9.47 Å². The molecule has 1 aliphatic heterocycles. The highest BCUT2D eigenvalue weighted by Gasteiger charge is 2.28. The Morgan fingerprint density at radius 3 is 2.92 bits per heavy atom. The van der Waals surface area contributed by atoms with Crippen LogP contribution in [-0.4, -0.2) is 39.3 Å². The number of aryl methyl sites for hydroxylation is 1. The topological polar surface area (TPSA) is 91.2 Å². The van der Waals surface area contributed by atoms with Crippen LogP contribution in [0.15, 0.2) is 24.5 Å². The maximum absolute atomic E-state index is 13.1. The number of ether oxygens (including phenoxy) is 2. The Kier molecular flexibility index (Phi) is 3.59. The average molecular weight is 369 g/mol. The van der Waals surface area contributed by atoms with Crippen molar-refractivity contribution in [3.8, 4) is 16.5 Å². The summed E-state index contributed by atoms with van der Waals surface area (Å²) in [6, 6.07) is 5.41. The largest absolute Gasteiger partial charge is 0.486 e. The molecule has 0 unspecified atom stereocenters. The lowest BCUT2D eigenvalue weighted by Gasteiger charge is -2.19. The van der Waals surface area contributed by atoms with E-state index in [1.807, 2.05) is 12.1 Å². The van der Waals surface area contributed by atoms with Crippen LogP contribution in [-0.2, 0) is 12.8 Å². The highest BCUT2D eigenvalue weighted by Crippen LogP contribution is 2.38. The summed E-state index contributed by atoms with van der Waals surface area (Å²) in [6.45, 7) is 1.04. The Balaban J connectivity index is 1.49. The van der Waals surface area contributed by atoms with Crippen molar-refractivity contribution in [1.29, 1.82) is 0 Å². The Morgan fingerprint density at radius 2 is 2.08 bits per heavy atom. The Labute approximate surface area is 152 Å². The summed E-state index contributed by atoms with van der Waals surface area (Å²) in [5.41, 5.74) is 2.43. The number of benzene rings is 1. The summed E-state index contributed by atoms with van der Waals surface area (Å²) in [5, 5.41) is 15.1. The molecule has 1 N–H and O–H groups in total. The fraction of sp³-hybridized carbons (Fsp3) is 0.294. The second-order valence-electron chi connectivity index (χ2n) is 6.10. The van der Waals surface area contributed by atoms with Gasteiger partial charge in [0.1, 0.15) is 24.5 Å². The van der Waals surface area contributed by atoms with Crippen LogP contribution in [0.25, 0.3) is 5.00 Å². The summed E-state index contributed by atoms with van der Waals surface area (Å²) in [6.07, 6.45) is 4.48. The minimum absolute atomic E-state index is 0.161. The van der Waals surface area contributed by atoms with Gasteiger partial charge >= 0.3 is 0 Å². The molecule has 1 amide bonds. The van der Waals surface area contributed by atoms with E-state index in [-0.39, 0.29) is 5.91 Å². The molecule has 132 valence electrons. The number of tetrazole rings is 1. The molecule has 1 aromatic carbocycles. The van der Waals surface area contributed by atoms with E-state index in [2.05, 4.69) is 20.8 Å². The van der Waals surface area contributed by atoms with Gasteiger partial charge in [-0.1, -0.05) is 0 Å². The standard InChI is InChI=1S/C17H15N5O3S/c23-16(19-10-4-5-12-13(8-10)25-7-6-24-12)15-11-2-1-3-14(11)26-17(15)22-9-18-20-21-22/h4-5,8-9H,1-3,6-7H2,(H,19,23). The van der Waals surface area contributed by atoms with Crippen LogP contribution < -0.4 is 14.8 Å². The quantitative estimate of drug-likeness (QED) is 0.761. The smallest absolute Gasteiger partial charge is 0.259 e. The highest BCUT2D eigenvalue weighted by molar-refractivity contribution is 7.15. The number of amides is 1. The third kappa shape index (κ3) is 2.51. The molecule has 0 atom stereocenters. The van der Waals surface area contributed by atoms with Gasteiger partial charge in [0, 0.05) is 16.6 Å². The lowest BCUT2D eigenvalue weighted by atomic mass is 10.1. The van der Waals surface area contributed by atoms with E-state index in [1.165, 1.54) is 11.2 Å². The molecule has 1 aliphatic carbocycles. The van der Waals surface area contributed by atoms with Gasteiger partial charge in [-0.2, -0.15) is 4.68 Å². The summed E-state index contributed by atoms with van der Waals surface area (Å²) in [5.74, 6) is 1.18. The van der Waals surface area contributed by atoms with Crippen molar-refractivity contribution in [2.45, 2.75) is 19.3 Å². The van der Waals surface area contributed by atoms with Crippen molar-refractivity contribution >= 4 is 22.9 Å². The highest BCUT2D eigenvalue weighted by atomic mass is 32.1. The first-order valence-corrected chi connectivity index (χ1v) is 9.20. The van der Waals surface area contributed by atoms with Crippen LogP contribution in [0.3, 0.4) is 0 Å². The minimum Gasteiger partial charge on any atom is -0.486 e. The van der Waals surface area contributed by atoms with Crippen molar-refractivity contribution in [3.05, 3.63) is 40.5 Å². The fourth-order valence-corrected chi connectivity index (χ4v) is 4.66. The number of hydrogen-bond donors (Lipinski definition) is 1. The zero-order valence-corrected chi connectivity index (χ0v) is 14.6.